The van der Waals surface area contributed by atoms with E-state index in [1.807, 2.05) is 31.2 Å². The van der Waals surface area contributed by atoms with Crippen LogP contribution in [-0.4, -0.2) is 25.7 Å². The summed E-state index contributed by atoms with van der Waals surface area (Å²) in [5, 5.41) is 7.79. The van der Waals surface area contributed by atoms with E-state index in [0.717, 1.165) is 27.3 Å². The first-order valence-electron chi connectivity index (χ1n) is 7.89. The van der Waals surface area contributed by atoms with Gasteiger partial charge in [0, 0.05) is 24.5 Å². The fourth-order valence-corrected chi connectivity index (χ4v) is 3.39. The van der Waals surface area contributed by atoms with E-state index in [2.05, 4.69) is 26.4 Å². The van der Waals surface area contributed by atoms with Gasteiger partial charge in [0.2, 0.25) is 0 Å². The fourth-order valence-electron chi connectivity index (χ4n) is 2.43. The van der Waals surface area contributed by atoms with Gasteiger partial charge in [-0.15, -0.1) is 11.3 Å². The van der Waals surface area contributed by atoms with Gasteiger partial charge in [0.25, 0.3) is 5.91 Å². The number of carbonyl (C=O) groups excluding carboxylic acids is 1. The van der Waals surface area contributed by atoms with Crippen molar-refractivity contribution in [2.75, 3.05) is 5.32 Å². The number of para-hydroxylation sites is 1. The molecule has 1 N–H and O–H groups in total. The molecule has 0 atom stereocenters. The molecule has 1 amide bonds. The van der Waals surface area contributed by atoms with Crippen LogP contribution < -0.4 is 5.32 Å². The Hall–Kier alpha value is -3.06. The molecule has 0 bridgehead atoms. The maximum Gasteiger partial charge on any atom is 0.260 e. The first-order chi connectivity index (χ1) is 12.2. The monoisotopic (exact) mass is 349 g/mol. The Kier molecular flexibility index (Phi) is 3.99. The van der Waals surface area contributed by atoms with E-state index in [1.165, 1.54) is 0 Å². The van der Waals surface area contributed by atoms with Gasteiger partial charge in [-0.2, -0.15) is 5.10 Å². The van der Waals surface area contributed by atoms with Crippen molar-refractivity contribution in [2.45, 2.75) is 13.5 Å². The second kappa shape index (κ2) is 6.45. The zero-order chi connectivity index (χ0) is 17.2. The number of aromatic nitrogens is 4. The number of thiazole rings is 1. The third-order valence-corrected chi connectivity index (χ3v) is 4.85. The molecule has 0 aliphatic heterocycles. The molecule has 0 aliphatic carbocycles. The van der Waals surface area contributed by atoms with Crippen molar-refractivity contribution in [1.82, 2.24) is 19.7 Å². The van der Waals surface area contributed by atoms with Crippen molar-refractivity contribution in [1.29, 1.82) is 0 Å². The minimum Gasteiger partial charge on any atom is -0.306 e. The summed E-state index contributed by atoms with van der Waals surface area (Å²) < 4.78 is 2.85. The van der Waals surface area contributed by atoms with E-state index in [0.29, 0.717) is 11.4 Å². The number of anilines is 1. The minimum absolute atomic E-state index is 0.222. The summed E-state index contributed by atoms with van der Waals surface area (Å²) in [6.45, 7) is 2.69. The molecule has 7 heteroatoms. The summed E-state index contributed by atoms with van der Waals surface area (Å²) in [6, 6.07) is 11.7. The molecule has 0 radical (unpaired) electrons. The van der Waals surface area contributed by atoms with Gasteiger partial charge >= 0.3 is 0 Å². The molecule has 0 saturated heterocycles. The van der Waals surface area contributed by atoms with Crippen LogP contribution in [0.3, 0.4) is 0 Å². The van der Waals surface area contributed by atoms with E-state index < -0.39 is 0 Å². The topological polar surface area (TPSA) is 72.7 Å². The lowest BCUT2D eigenvalue weighted by atomic mass is 10.3. The van der Waals surface area contributed by atoms with Crippen molar-refractivity contribution in [2.24, 2.45) is 0 Å². The van der Waals surface area contributed by atoms with Crippen LogP contribution in [0.2, 0.25) is 0 Å². The SMILES string of the molecule is CCn1cc(C(=O)Nc2ccc(-c3nc4ccccc4s3)cn2)cn1. The van der Waals surface area contributed by atoms with Crippen molar-refractivity contribution >= 4 is 33.3 Å². The Morgan fingerprint density at radius 2 is 2.08 bits per heavy atom. The number of nitrogens with zero attached hydrogens (tertiary/aromatic N) is 4. The highest BCUT2D eigenvalue weighted by molar-refractivity contribution is 7.21. The highest BCUT2D eigenvalue weighted by Crippen LogP contribution is 2.29. The molecule has 0 fully saturated rings. The van der Waals surface area contributed by atoms with Crippen LogP contribution in [0.15, 0.2) is 55.0 Å². The molecule has 6 nitrogen and oxygen atoms in total. The average Bonchev–Trinajstić information content (AvgIpc) is 3.29. The van der Waals surface area contributed by atoms with Crippen LogP contribution in [0, 0.1) is 0 Å². The van der Waals surface area contributed by atoms with Crippen molar-refractivity contribution in [3.8, 4) is 10.6 Å². The lowest BCUT2D eigenvalue weighted by Gasteiger charge is -2.03. The Morgan fingerprint density at radius 1 is 1.20 bits per heavy atom. The molecule has 25 heavy (non-hydrogen) atoms. The van der Waals surface area contributed by atoms with E-state index >= 15 is 0 Å². The summed E-state index contributed by atoms with van der Waals surface area (Å²) in [6.07, 6.45) is 4.99. The van der Waals surface area contributed by atoms with Gasteiger partial charge < -0.3 is 5.32 Å². The summed E-state index contributed by atoms with van der Waals surface area (Å²) in [7, 11) is 0. The van der Waals surface area contributed by atoms with E-state index in [1.54, 1.807) is 40.7 Å². The van der Waals surface area contributed by atoms with Crippen LogP contribution >= 0.6 is 11.3 Å². The van der Waals surface area contributed by atoms with Gasteiger partial charge in [0.05, 0.1) is 22.0 Å². The number of nitrogens with one attached hydrogen (secondary N) is 1. The Bertz CT molecular complexity index is 1000. The smallest absolute Gasteiger partial charge is 0.260 e. The number of rotatable bonds is 4. The van der Waals surface area contributed by atoms with Gasteiger partial charge in [0.15, 0.2) is 0 Å². The highest BCUT2D eigenvalue weighted by atomic mass is 32.1. The van der Waals surface area contributed by atoms with Crippen LogP contribution in [0.1, 0.15) is 17.3 Å². The Balaban J connectivity index is 1.52. The van der Waals surface area contributed by atoms with Crippen molar-refractivity contribution in [3.05, 3.63) is 60.6 Å². The second-order valence-corrected chi connectivity index (χ2v) is 6.49. The summed E-state index contributed by atoms with van der Waals surface area (Å²) in [5.74, 6) is 0.277. The number of carbonyl (C=O) groups is 1. The van der Waals surface area contributed by atoms with Gasteiger partial charge in [-0.05, 0) is 31.2 Å². The number of pyridine rings is 1. The molecule has 124 valence electrons. The first-order valence-corrected chi connectivity index (χ1v) is 8.70. The molecule has 1 aromatic carbocycles. The molecule has 0 aliphatic rings. The number of aryl methyl sites for hydroxylation is 1. The number of hydrogen-bond acceptors (Lipinski definition) is 5. The molecule has 0 spiro atoms. The Morgan fingerprint density at radius 3 is 2.80 bits per heavy atom. The van der Waals surface area contributed by atoms with Crippen LogP contribution in [0.4, 0.5) is 5.82 Å². The summed E-state index contributed by atoms with van der Waals surface area (Å²) in [4.78, 5) is 21.1. The predicted octanol–water partition coefficient (Wildman–Crippen LogP) is 3.83. The lowest BCUT2D eigenvalue weighted by Crippen LogP contribution is -2.12. The number of amides is 1. The number of hydrogen-bond donors (Lipinski definition) is 1. The predicted molar refractivity (Wildman–Crippen MR) is 98.7 cm³/mol. The van der Waals surface area contributed by atoms with Gasteiger partial charge in [0.1, 0.15) is 10.8 Å². The standard InChI is InChI=1S/C18H15N5OS/c1-2-23-11-13(10-20-23)17(24)22-16-8-7-12(9-19-16)18-21-14-5-3-4-6-15(14)25-18/h3-11H,2H2,1H3,(H,19,22,24). The van der Waals surface area contributed by atoms with E-state index in [-0.39, 0.29) is 5.91 Å². The van der Waals surface area contributed by atoms with Gasteiger partial charge in [-0.3, -0.25) is 9.48 Å². The van der Waals surface area contributed by atoms with Crippen molar-refractivity contribution < 1.29 is 4.79 Å². The molecule has 4 aromatic rings. The number of fused-ring (bicyclic) bond motifs is 1. The lowest BCUT2D eigenvalue weighted by molar-refractivity contribution is 0.102. The molecule has 3 heterocycles. The molecular formula is C18H15N5OS. The maximum atomic E-state index is 12.2. The largest absolute Gasteiger partial charge is 0.306 e. The summed E-state index contributed by atoms with van der Waals surface area (Å²) in [5.41, 5.74) is 2.42. The van der Waals surface area contributed by atoms with Gasteiger partial charge in [-0.1, -0.05) is 12.1 Å². The van der Waals surface area contributed by atoms with E-state index in [9.17, 15) is 4.79 Å². The summed E-state index contributed by atoms with van der Waals surface area (Å²) >= 11 is 1.62. The van der Waals surface area contributed by atoms with Crippen LogP contribution in [-0.2, 0) is 6.54 Å². The van der Waals surface area contributed by atoms with Crippen molar-refractivity contribution in [3.63, 3.8) is 0 Å². The Labute approximate surface area is 148 Å². The molecule has 0 unspecified atom stereocenters. The first kappa shape index (κ1) is 15.5. The zero-order valence-corrected chi connectivity index (χ0v) is 14.3. The van der Waals surface area contributed by atoms with Crippen LogP contribution in [0.5, 0.6) is 0 Å². The fraction of sp³-hybridized carbons (Fsp3) is 0.111. The third kappa shape index (κ3) is 3.14. The molecular weight excluding hydrogens is 334 g/mol. The quantitative estimate of drug-likeness (QED) is 0.608. The minimum atomic E-state index is -0.222. The average molecular weight is 349 g/mol. The third-order valence-electron chi connectivity index (χ3n) is 3.77. The molecule has 4 rings (SSSR count). The van der Waals surface area contributed by atoms with E-state index in [4.69, 9.17) is 0 Å². The van der Waals surface area contributed by atoms with Crippen LogP contribution in [0.25, 0.3) is 20.8 Å². The normalized spacial score (nSPS) is 10.9. The zero-order valence-electron chi connectivity index (χ0n) is 13.5. The highest BCUT2D eigenvalue weighted by Gasteiger charge is 2.10. The number of benzene rings is 1. The molecule has 0 saturated carbocycles. The van der Waals surface area contributed by atoms with Gasteiger partial charge in [-0.25, -0.2) is 9.97 Å². The maximum absolute atomic E-state index is 12.2. The second-order valence-electron chi connectivity index (χ2n) is 5.46. The molecule has 3 aromatic heterocycles.